The van der Waals surface area contributed by atoms with Crippen LogP contribution in [-0.2, 0) is 0 Å². The molecule has 0 fully saturated rings. The molecule has 0 atom stereocenters. The highest BCUT2D eigenvalue weighted by atomic mass is 32.2. The SMILES string of the molecule is [CH2]SCC1=CCCC1. The van der Waals surface area contributed by atoms with Crippen molar-refractivity contribution in [3.8, 4) is 0 Å². The minimum Gasteiger partial charge on any atom is -0.157 e. The van der Waals surface area contributed by atoms with E-state index in [4.69, 9.17) is 0 Å². The van der Waals surface area contributed by atoms with Crippen molar-refractivity contribution < 1.29 is 0 Å². The molecule has 45 valence electrons. The molecule has 0 spiro atoms. The smallest absolute Gasteiger partial charge is 0.0143 e. The van der Waals surface area contributed by atoms with Crippen LogP contribution in [0.5, 0.6) is 0 Å². The highest BCUT2D eigenvalue weighted by Crippen LogP contribution is 2.20. The van der Waals surface area contributed by atoms with Crippen molar-refractivity contribution in [2.75, 3.05) is 5.75 Å². The number of allylic oxidation sites excluding steroid dienone is 1. The van der Waals surface area contributed by atoms with E-state index < -0.39 is 0 Å². The van der Waals surface area contributed by atoms with E-state index in [2.05, 4.69) is 12.3 Å². The molecule has 1 heteroatoms. The van der Waals surface area contributed by atoms with Gasteiger partial charge < -0.3 is 0 Å². The molecule has 0 N–H and O–H groups in total. The van der Waals surface area contributed by atoms with Crippen molar-refractivity contribution in [3.05, 3.63) is 17.9 Å². The average Bonchev–Trinajstić information content (AvgIpc) is 2.19. The van der Waals surface area contributed by atoms with Crippen LogP contribution in [0.25, 0.3) is 0 Å². The zero-order valence-corrected chi connectivity index (χ0v) is 5.84. The summed E-state index contributed by atoms with van der Waals surface area (Å²) < 4.78 is 0. The zero-order valence-electron chi connectivity index (χ0n) is 5.02. The molecule has 1 radical (unpaired) electrons. The van der Waals surface area contributed by atoms with E-state index in [1.54, 1.807) is 17.3 Å². The average molecular weight is 127 g/mol. The third kappa shape index (κ3) is 1.55. The van der Waals surface area contributed by atoms with Crippen LogP contribution in [0.2, 0.25) is 0 Å². The molecule has 1 aliphatic carbocycles. The summed E-state index contributed by atoms with van der Waals surface area (Å²) in [5.41, 5.74) is 1.60. The summed E-state index contributed by atoms with van der Waals surface area (Å²) in [6.07, 6.45) is 10.1. The fraction of sp³-hybridized carbons (Fsp3) is 0.571. The van der Waals surface area contributed by atoms with Crippen molar-refractivity contribution in [2.24, 2.45) is 0 Å². The second kappa shape index (κ2) is 3.18. The van der Waals surface area contributed by atoms with Crippen LogP contribution in [0.15, 0.2) is 11.6 Å². The molecular weight excluding hydrogens is 116 g/mol. The van der Waals surface area contributed by atoms with Crippen LogP contribution >= 0.6 is 11.8 Å². The summed E-state index contributed by atoms with van der Waals surface area (Å²) in [4.78, 5) is 0. The van der Waals surface area contributed by atoms with E-state index in [1.165, 1.54) is 19.3 Å². The van der Waals surface area contributed by atoms with Gasteiger partial charge >= 0.3 is 0 Å². The van der Waals surface area contributed by atoms with Crippen molar-refractivity contribution in [1.82, 2.24) is 0 Å². The van der Waals surface area contributed by atoms with Gasteiger partial charge in [-0.2, -0.15) is 11.8 Å². The summed E-state index contributed by atoms with van der Waals surface area (Å²) in [5, 5.41) is 0. The molecule has 0 heterocycles. The van der Waals surface area contributed by atoms with E-state index in [-0.39, 0.29) is 0 Å². The van der Waals surface area contributed by atoms with Gasteiger partial charge in [0, 0.05) is 12.0 Å². The standard InChI is InChI=1S/C7H11S/c1-8-6-7-4-2-3-5-7/h4H,1-3,5-6H2. The Kier molecular flexibility index (Phi) is 2.47. The Morgan fingerprint density at radius 2 is 2.62 bits per heavy atom. The van der Waals surface area contributed by atoms with Crippen LogP contribution in [0.1, 0.15) is 19.3 Å². The van der Waals surface area contributed by atoms with Gasteiger partial charge in [-0.25, -0.2) is 0 Å². The molecule has 0 aromatic carbocycles. The van der Waals surface area contributed by atoms with E-state index >= 15 is 0 Å². The summed E-state index contributed by atoms with van der Waals surface area (Å²) in [7, 11) is 0. The molecule has 8 heavy (non-hydrogen) atoms. The first-order valence-electron chi connectivity index (χ1n) is 2.98. The van der Waals surface area contributed by atoms with Crippen LogP contribution in [0, 0.1) is 6.26 Å². The van der Waals surface area contributed by atoms with E-state index in [0.29, 0.717) is 0 Å². The molecule has 0 bridgehead atoms. The third-order valence-electron chi connectivity index (χ3n) is 1.42. The molecule has 1 aliphatic rings. The van der Waals surface area contributed by atoms with Gasteiger partial charge in [0.2, 0.25) is 0 Å². The lowest BCUT2D eigenvalue weighted by Gasteiger charge is -1.93. The molecule has 0 amide bonds. The minimum atomic E-state index is 1.15. The predicted octanol–water partition coefficient (Wildman–Crippen LogP) is 2.62. The highest BCUT2D eigenvalue weighted by Gasteiger charge is 2.01. The maximum absolute atomic E-state index is 3.72. The first kappa shape index (κ1) is 6.21. The first-order valence-corrected chi connectivity index (χ1v) is 4.14. The largest absolute Gasteiger partial charge is 0.157 e. The van der Waals surface area contributed by atoms with Crippen LogP contribution in [0.4, 0.5) is 0 Å². The van der Waals surface area contributed by atoms with Crippen LogP contribution in [-0.4, -0.2) is 5.75 Å². The molecule has 0 aromatic heterocycles. The van der Waals surface area contributed by atoms with Crippen LogP contribution < -0.4 is 0 Å². The first-order chi connectivity index (χ1) is 3.93. The maximum atomic E-state index is 3.72. The molecule has 0 aromatic rings. The fourth-order valence-electron chi connectivity index (χ4n) is 1.000. The molecule has 0 saturated carbocycles. The van der Waals surface area contributed by atoms with E-state index in [9.17, 15) is 0 Å². The van der Waals surface area contributed by atoms with Gasteiger partial charge in [-0.1, -0.05) is 11.6 Å². The Morgan fingerprint density at radius 1 is 1.75 bits per heavy atom. The van der Waals surface area contributed by atoms with Crippen molar-refractivity contribution >= 4 is 11.8 Å². The molecular formula is C7H11S. The van der Waals surface area contributed by atoms with Crippen molar-refractivity contribution in [3.63, 3.8) is 0 Å². The van der Waals surface area contributed by atoms with Gasteiger partial charge in [-0.05, 0) is 19.3 Å². The van der Waals surface area contributed by atoms with Gasteiger partial charge in [-0.15, -0.1) is 0 Å². The van der Waals surface area contributed by atoms with E-state index in [1.807, 2.05) is 0 Å². The Labute approximate surface area is 55.4 Å². The van der Waals surface area contributed by atoms with Crippen molar-refractivity contribution in [1.29, 1.82) is 0 Å². The minimum absolute atomic E-state index is 1.15. The summed E-state index contributed by atoms with van der Waals surface area (Å²) in [6, 6.07) is 0. The van der Waals surface area contributed by atoms with Crippen LogP contribution in [0.3, 0.4) is 0 Å². The molecule has 0 aliphatic heterocycles. The second-order valence-electron chi connectivity index (χ2n) is 2.10. The summed E-state index contributed by atoms with van der Waals surface area (Å²) in [5.74, 6) is 1.15. The molecule has 0 unspecified atom stereocenters. The molecule has 0 nitrogen and oxygen atoms in total. The van der Waals surface area contributed by atoms with E-state index in [0.717, 1.165) is 5.75 Å². The predicted molar refractivity (Wildman–Crippen MR) is 39.7 cm³/mol. The fourth-order valence-corrected chi connectivity index (χ4v) is 1.52. The lowest BCUT2D eigenvalue weighted by Crippen LogP contribution is -1.78. The lowest BCUT2D eigenvalue weighted by molar-refractivity contribution is 0.908. The topological polar surface area (TPSA) is 0 Å². The maximum Gasteiger partial charge on any atom is 0.0143 e. The Bertz CT molecular complexity index is 94.6. The normalized spacial score (nSPS) is 18.9. The summed E-state index contributed by atoms with van der Waals surface area (Å²) >= 11 is 1.68. The Hall–Kier alpha value is 0.0900. The van der Waals surface area contributed by atoms with Gasteiger partial charge in [0.1, 0.15) is 0 Å². The third-order valence-corrected chi connectivity index (χ3v) is 2.00. The Balaban J connectivity index is 2.23. The van der Waals surface area contributed by atoms with Gasteiger partial charge in [-0.3, -0.25) is 0 Å². The molecule has 0 saturated heterocycles. The lowest BCUT2D eigenvalue weighted by atomic mass is 10.3. The van der Waals surface area contributed by atoms with Gasteiger partial charge in [0.15, 0.2) is 0 Å². The zero-order chi connectivity index (χ0) is 5.82. The highest BCUT2D eigenvalue weighted by molar-refractivity contribution is 8.00. The van der Waals surface area contributed by atoms with Gasteiger partial charge in [0.05, 0.1) is 0 Å². The second-order valence-corrected chi connectivity index (χ2v) is 2.80. The number of thioether (sulfide) groups is 1. The monoisotopic (exact) mass is 127 g/mol. The Morgan fingerprint density at radius 3 is 3.12 bits per heavy atom. The van der Waals surface area contributed by atoms with Crippen molar-refractivity contribution in [2.45, 2.75) is 19.3 Å². The number of rotatable bonds is 2. The van der Waals surface area contributed by atoms with Gasteiger partial charge in [0.25, 0.3) is 0 Å². The summed E-state index contributed by atoms with van der Waals surface area (Å²) in [6.45, 7) is 0. The number of hydrogen-bond donors (Lipinski definition) is 0. The number of hydrogen-bond acceptors (Lipinski definition) is 1. The molecule has 1 rings (SSSR count). The quantitative estimate of drug-likeness (QED) is 0.514.